The molecule has 3 heterocycles. The summed E-state index contributed by atoms with van der Waals surface area (Å²) >= 11 is 0. The van der Waals surface area contributed by atoms with E-state index in [9.17, 15) is 0 Å². The topological polar surface area (TPSA) is 39.4 Å². The van der Waals surface area contributed by atoms with E-state index in [0.29, 0.717) is 0 Å². The second kappa shape index (κ2) is 30.0. The lowest BCUT2D eigenvalue weighted by atomic mass is 9.81. The van der Waals surface area contributed by atoms with E-state index >= 15 is 0 Å². The van der Waals surface area contributed by atoms with Crippen LogP contribution in [0.4, 0.5) is 0 Å². The van der Waals surface area contributed by atoms with Crippen molar-refractivity contribution in [3.63, 3.8) is 0 Å². The molecule has 31 aromatic rings. The summed E-state index contributed by atoms with van der Waals surface area (Å²) in [7, 11) is 0. The number of hydrogen-bond acceptors (Lipinski definition) is 3. The van der Waals surface area contributed by atoms with E-state index in [1.165, 1.54) is 125 Å². The van der Waals surface area contributed by atoms with E-state index in [-0.39, 0.29) is 0 Å². The predicted molar refractivity (Wildman–Crippen MR) is 600 cm³/mol. The van der Waals surface area contributed by atoms with Gasteiger partial charge in [0.2, 0.25) is 0 Å². The van der Waals surface area contributed by atoms with Crippen molar-refractivity contribution in [2.75, 3.05) is 0 Å². The molecule has 0 atom stereocenters. The maximum Gasteiger partial charge on any atom is 0.136 e. The number of rotatable bonds is 9. The zero-order valence-electron chi connectivity index (χ0n) is 76.3. The van der Waals surface area contributed by atoms with Gasteiger partial charge in [0.25, 0.3) is 0 Å². The number of furan rings is 3. The Morgan fingerprint density at radius 3 is 0.851 bits per heavy atom. The zero-order chi connectivity index (χ0) is 91.9. The van der Waals surface area contributed by atoms with Crippen LogP contribution in [-0.2, 0) is 0 Å². The first-order valence-electron chi connectivity index (χ1n) is 48.8. The Hall–Kier alpha value is -18.5. The average Bonchev–Trinajstić information content (AvgIpc) is 1.50. The summed E-state index contributed by atoms with van der Waals surface area (Å²) in [5.74, 6) is 0. The Labute approximate surface area is 808 Å². The van der Waals surface area contributed by atoms with E-state index in [4.69, 9.17) is 13.3 Å². The number of hydrogen-bond donors (Lipinski definition) is 0. The molecule has 3 nitrogen and oxygen atoms in total. The molecular weight excluding hydrogens is 1710 g/mol. The van der Waals surface area contributed by atoms with Crippen LogP contribution in [0.5, 0.6) is 0 Å². The standard InChI is InChI=1S/C138H78O3/c1-2-29-79(30-3-1)89-34-10-16-43-100(89)128-107-49-22-27-54-112(107)132(120-78-125-137(102-45-18-15-42-98(102)120)134-93-37-9-5-32-81(93)64-69-122(134)140-125)117-74-85(62-66-114(117)128)84-61-65-113-116(73-84)131(119-77-124-136(101-44-17-14-41-97(101)119)133-92-36-8-4-31-80(92)63-68-121(133)139-124)106-48-21-20-47-105(106)127(113)88-60-58-82-71-87(59-57-83(82)72-88)91-55-28-56-104-99(91)67-70-123-135(104)138-103-46-19-13-40-96(103)118(76-126(138)141-123)130-110-52-25-23-50-108(110)129(109-51-24-26-53-111(109)130)115-75-86-33-6-7-35-90(86)94-38-11-12-39-95(94)115/h1-78H. The van der Waals surface area contributed by atoms with Crippen LogP contribution in [0.25, 0.3) is 328 Å². The molecule has 141 heavy (non-hydrogen) atoms. The summed E-state index contributed by atoms with van der Waals surface area (Å²) in [5, 5.41) is 42.1. The lowest BCUT2D eigenvalue weighted by Gasteiger charge is -2.22. The van der Waals surface area contributed by atoms with Gasteiger partial charge < -0.3 is 13.3 Å². The molecule has 0 amide bonds. The van der Waals surface area contributed by atoms with E-state index in [2.05, 4.69) is 473 Å². The van der Waals surface area contributed by atoms with Gasteiger partial charge in [0.1, 0.15) is 33.5 Å². The zero-order valence-corrected chi connectivity index (χ0v) is 76.3. The van der Waals surface area contributed by atoms with Gasteiger partial charge in [-0.2, -0.15) is 0 Å². The van der Waals surface area contributed by atoms with Gasteiger partial charge in [-0.1, -0.05) is 406 Å². The number of benzene rings is 28. The van der Waals surface area contributed by atoms with Crippen molar-refractivity contribution < 1.29 is 13.3 Å². The molecule has 3 heteroatoms. The van der Waals surface area contributed by atoms with Crippen molar-refractivity contribution in [2.45, 2.75) is 0 Å². The highest BCUT2D eigenvalue weighted by atomic mass is 16.3. The maximum absolute atomic E-state index is 7.25. The first-order valence-corrected chi connectivity index (χ1v) is 48.8. The van der Waals surface area contributed by atoms with Crippen LogP contribution in [0.1, 0.15) is 0 Å². The molecule has 0 aliphatic carbocycles. The van der Waals surface area contributed by atoms with Gasteiger partial charge in [-0.25, -0.2) is 0 Å². The molecule has 0 N–H and O–H groups in total. The van der Waals surface area contributed by atoms with Gasteiger partial charge in [-0.3, -0.25) is 0 Å². The largest absolute Gasteiger partial charge is 0.456 e. The summed E-state index contributed by atoms with van der Waals surface area (Å²) in [5.41, 5.74) is 26.0. The normalized spacial score (nSPS) is 12.3. The highest BCUT2D eigenvalue weighted by Gasteiger charge is 2.30. The van der Waals surface area contributed by atoms with Crippen LogP contribution in [-0.4, -0.2) is 0 Å². The molecule has 0 fully saturated rings. The van der Waals surface area contributed by atoms with Crippen LogP contribution >= 0.6 is 0 Å². The molecule has 3 aromatic heterocycles. The summed E-state index contributed by atoms with van der Waals surface area (Å²) in [6.07, 6.45) is 0. The Balaban J connectivity index is 0.594. The summed E-state index contributed by atoms with van der Waals surface area (Å²) in [6, 6.07) is 177. The van der Waals surface area contributed by atoms with Crippen molar-refractivity contribution in [2.24, 2.45) is 0 Å². The minimum absolute atomic E-state index is 0.852. The van der Waals surface area contributed by atoms with Crippen molar-refractivity contribution in [1.82, 2.24) is 0 Å². The predicted octanol–water partition coefficient (Wildman–Crippen LogP) is 39.7. The third-order valence-corrected chi connectivity index (χ3v) is 31.1. The van der Waals surface area contributed by atoms with Crippen LogP contribution < -0.4 is 0 Å². The first kappa shape index (κ1) is 77.7. The molecule has 0 unspecified atom stereocenters. The van der Waals surface area contributed by atoms with E-state index < -0.39 is 0 Å². The molecule has 0 aliphatic heterocycles. The van der Waals surface area contributed by atoms with Crippen molar-refractivity contribution in [1.29, 1.82) is 0 Å². The van der Waals surface area contributed by atoms with Crippen LogP contribution in [0.2, 0.25) is 0 Å². The fraction of sp³-hybridized carbons (Fsp3) is 0. The third kappa shape index (κ3) is 11.4. The lowest BCUT2D eigenvalue weighted by molar-refractivity contribution is 0.669. The highest BCUT2D eigenvalue weighted by Crippen LogP contribution is 2.57. The smallest absolute Gasteiger partial charge is 0.136 e. The van der Waals surface area contributed by atoms with Crippen molar-refractivity contribution in [3.05, 3.63) is 473 Å². The van der Waals surface area contributed by atoms with Gasteiger partial charge >= 0.3 is 0 Å². The summed E-state index contributed by atoms with van der Waals surface area (Å²) in [6.45, 7) is 0. The monoisotopic (exact) mass is 1780 g/mol. The lowest BCUT2D eigenvalue weighted by Crippen LogP contribution is -1.95. The van der Waals surface area contributed by atoms with Crippen LogP contribution in [0.15, 0.2) is 486 Å². The fourth-order valence-corrected chi connectivity index (χ4v) is 25.2. The summed E-state index contributed by atoms with van der Waals surface area (Å²) < 4.78 is 21.6. The number of fused-ring (bicyclic) bond motifs is 31. The van der Waals surface area contributed by atoms with Gasteiger partial charge in [0.15, 0.2) is 0 Å². The van der Waals surface area contributed by atoms with Crippen LogP contribution in [0, 0.1) is 0 Å². The molecule has 0 saturated heterocycles. The Kier molecular flexibility index (Phi) is 16.5. The Morgan fingerprint density at radius 2 is 0.376 bits per heavy atom. The molecule has 0 bridgehead atoms. The molecule has 28 aromatic carbocycles. The maximum atomic E-state index is 7.25. The van der Waals surface area contributed by atoms with Gasteiger partial charge in [0.05, 0.1) is 0 Å². The Morgan fingerprint density at radius 1 is 0.0993 bits per heavy atom. The third-order valence-electron chi connectivity index (χ3n) is 31.1. The molecule has 31 rings (SSSR count). The highest BCUT2D eigenvalue weighted by molar-refractivity contribution is 6.37. The van der Waals surface area contributed by atoms with E-state index in [1.54, 1.807) is 0 Å². The fourth-order valence-electron chi connectivity index (χ4n) is 25.2. The second-order valence-electron chi connectivity index (χ2n) is 38.3. The van der Waals surface area contributed by atoms with Gasteiger partial charge in [-0.05, 0) is 328 Å². The Bertz CT molecular complexity index is 10900. The van der Waals surface area contributed by atoms with Gasteiger partial charge in [0, 0.05) is 32.3 Å². The molecule has 0 spiro atoms. The van der Waals surface area contributed by atoms with Gasteiger partial charge in [-0.15, -0.1) is 0 Å². The molecular formula is C138H78O3. The average molecular weight is 1780 g/mol. The van der Waals surface area contributed by atoms with E-state index in [1.807, 2.05) is 0 Å². The SMILES string of the molecule is c1ccc(-c2ccccc2-c2c3ccccc3c(-c3cc4oc5ccc6ccccc6c5c4c4ccccc34)c3cc(-c4ccc5c(-c6ccc7cc(-c8cccc9c8ccc8oc%10cc(-c%11c%12ccccc%12c(-c%12cc%13ccccc%13c%13ccccc%12%13)c%12ccccc%11%12)c%11ccccc%11c%10c89)ccc7c6)c6ccccc6c(-c6cc7oc8ccc9ccccc9c8c7c7ccccc67)c5c4)ccc23)cc1. The molecule has 648 valence electrons. The summed E-state index contributed by atoms with van der Waals surface area (Å²) in [4.78, 5) is 0. The molecule has 0 saturated carbocycles. The van der Waals surface area contributed by atoms with Crippen molar-refractivity contribution in [3.8, 4) is 100 Å². The quantitative estimate of drug-likeness (QED) is 0.107. The molecule has 0 aliphatic rings. The van der Waals surface area contributed by atoms with Crippen LogP contribution in [0.3, 0.4) is 0 Å². The second-order valence-corrected chi connectivity index (χ2v) is 38.3. The molecule has 0 radical (unpaired) electrons. The first-order chi connectivity index (χ1) is 70.0. The van der Waals surface area contributed by atoms with E-state index in [0.717, 1.165) is 202 Å². The minimum atomic E-state index is 0.852. The van der Waals surface area contributed by atoms with Crippen molar-refractivity contribution >= 4 is 227 Å². The minimum Gasteiger partial charge on any atom is -0.456 e.